The van der Waals surface area contributed by atoms with Gasteiger partial charge in [-0.05, 0) is 32.0 Å². The predicted molar refractivity (Wildman–Crippen MR) is 96.2 cm³/mol. The van der Waals surface area contributed by atoms with Crippen molar-refractivity contribution < 1.29 is 4.79 Å². The average molecular weight is 336 g/mol. The van der Waals surface area contributed by atoms with E-state index in [1.54, 1.807) is 18.6 Å². The number of rotatable bonds is 3. The molecule has 5 nitrogen and oxygen atoms in total. The van der Waals surface area contributed by atoms with Crippen molar-refractivity contribution in [3.8, 4) is 0 Å². The fraction of sp³-hybridized carbons (Fsp3) is 0.450. The van der Waals surface area contributed by atoms with Gasteiger partial charge in [-0.15, -0.1) is 0 Å². The van der Waals surface area contributed by atoms with Crippen LogP contribution >= 0.6 is 0 Å². The van der Waals surface area contributed by atoms with Crippen LogP contribution in [0.3, 0.4) is 0 Å². The molecule has 25 heavy (non-hydrogen) atoms. The van der Waals surface area contributed by atoms with Crippen molar-refractivity contribution >= 4 is 5.91 Å². The zero-order valence-corrected chi connectivity index (χ0v) is 15.0. The molecule has 0 spiro atoms. The lowest BCUT2D eigenvalue weighted by Crippen LogP contribution is -2.36. The molecule has 1 aromatic carbocycles. The molecule has 0 N–H and O–H groups in total. The first kappa shape index (κ1) is 16.2. The summed E-state index contributed by atoms with van der Waals surface area (Å²) in [4.78, 5) is 25.4. The topological polar surface area (TPSA) is 49.3 Å². The molecular weight excluding hydrogens is 312 g/mol. The molecule has 2 heterocycles. The van der Waals surface area contributed by atoms with Crippen molar-refractivity contribution in [3.63, 3.8) is 0 Å². The highest BCUT2D eigenvalue weighted by molar-refractivity contribution is 5.92. The molecule has 130 valence electrons. The molecule has 1 aliphatic heterocycles. The van der Waals surface area contributed by atoms with Gasteiger partial charge in [0.1, 0.15) is 5.69 Å². The summed E-state index contributed by atoms with van der Waals surface area (Å²) >= 11 is 0. The molecule has 0 saturated carbocycles. The largest absolute Gasteiger partial charge is 0.336 e. The highest BCUT2D eigenvalue weighted by atomic mass is 16.2. The molecule has 1 amide bonds. The fourth-order valence-electron chi connectivity index (χ4n) is 4.41. The zero-order chi connectivity index (χ0) is 17.6. The van der Waals surface area contributed by atoms with Gasteiger partial charge in [-0.1, -0.05) is 24.3 Å². The predicted octanol–water partition coefficient (Wildman–Crippen LogP) is 2.73. The van der Waals surface area contributed by atoms with Crippen LogP contribution in [0.25, 0.3) is 0 Å². The van der Waals surface area contributed by atoms with Crippen LogP contribution in [0.5, 0.6) is 0 Å². The second-order valence-electron chi connectivity index (χ2n) is 7.40. The van der Waals surface area contributed by atoms with E-state index in [4.69, 9.17) is 0 Å². The molecule has 0 unspecified atom stereocenters. The van der Waals surface area contributed by atoms with Gasteiger partial charge in [0.2, 0.25) is 0 Å². The summed E-state index contributed by atoms with van der Waals surface area (Å²) in [7, 11) is 2.20. The summed E-state index contributed by atoms with van der Waals surface area (Å²) in [5.41, 5.74) is 3.27. The van der Waals surface area contributed by atoms with Gasteiger partial charge in [0.05, 0.1) is 6.20 Å². The summed E-state index contributed by atoms with van der Waals surface area (Å²) in [5.74, 6) is 0.833. The van der Waals surface area contributed by atoms with E-state index < -0.39 is 0 Å². The van der Waals surface area contributed by atoms with E-state index in [1.807, 2.05) is 4.90 Å². The molecule has 2 aliphatic rings. The van der Waals surface area contributed by atoms with Gasteiger partial charge in [0.15, 0.2) is 0 Å². The van der Waals surface area contributed by atoms with Crippen LogP contribution in [0.15, 0.2) is 42.9 Å². The molecule has 0 radical (unpaired) electrons. The van der Waals surface area contributed by atoms with Gasteiger partial charge in [-0.25, -0.2) is 4.98 Å². The average Bonchev–Trinajstić information content (AvgIpc) is 3.18. The first-order valence-electron chi connectivity index (χ1n) is 8.94. The van der Waals surface area contributed by atoms with Gasteiger partial charge < -0.3 is 4.90 Å². The van der Waals surface area contributed by atoms with E-state index in [1.165, 1.54) is 11.1 Å². The quantitative estimate of drug-likeness (QED) is 0.865. The zero-order valence-electron chi connectivity index (χ0n) is 15.0. The molecule has 4 rings (SSSR count). The molecule has 1 saturated heterocycles. The maximum Gasteiger partial charge on any atom is 0.274 e. The maximum absolute atomic E-state index is 12.8. The van der Waals surface area contributed by atoms with Crippen LogP contribution in [0.2, 0.25) is 0 Å². The first-order chi connectivity index (χ1) is 12.1. The Morgan fingerprint density at radius 3 is 2.64 bits per heavy atom. The Kier molecular flexibility index (Phi) is 4.04. The minimum atomic E-state index is -0.00840. The Balaban J connectivity index is 1.65. The van der Waals surface area contributed by atoms with Gasteiger partial charge in [-0.2, -0.15) is 0 Å². The minimum absolute atomic E-state index is 0.00840. The molecular formula is C20H24N4O. The highest BCUT2D eigenvalue weighted by Crippen LogP contribution is 2.51. The van der Waals surface area contributed by atoms with Crippen molar-refractivity contribution in [2.24, 2.45) is 5.92 Å². The van der Waals surface area contributed by atoms with E-state index in [9.17, 15) is 4.79 Å². The second kappa shape index (κ2) is 6.23. The van der Waals surface area contributed by atoms with Crippen LogP contribution in [-0.4, -0.2) is 51.9 Å². The van der Waals surface area contributed by atoms with E-state index in [-0.39, 0.29) is 5.91 Å². The highest BCUT2D eigenvalue weighted by Gasteiger charge is 2.49. The maximum atomic E-state index is 12.8. The number of nitrogens with zero attached hydrogens (tertiary/aromatic N) is 4. The van der Waals surface area contributed by atoms with Crippen LogP contribution < -0.4 is 0 Å². The lowest BCUT2D eigenvalue weighted by Gasteiger charge is -2.33. The Morgan fingerprint density at radius 1 is 1.20 bits per heavy atom. The molecule has 5 heteroatoms. The Labute approximate surface area is 148 Å². The summed E-state index contributed by atoms with van der Waals surface area (Å²) in [6.07, 6.45) is 4.73. The SMILES string of the molecule is CC(C)N(C)[C@H]1c2ccccc2[C@@H]2CN(C(=O)c3cnccn3)C[C@@H]21. The first-order valence-corrected chi connectivity index (χ1v) is 8.94. The lowest BCUT2D eigenvalue weighted by molar-refractivity contribution is 0.0762. The third-order valence-corrected chi connectivity index (χ3v) is 5.81. The standard InChI is InChI=1S/C20H24N4O/c1-13(2)23(3)19-15-7-5-4-6-14(15)16-11-24(12-17(16)19)20(25)18-10-21-8-9-22-18/h4-10,13,16-17,19H,11-12H2,1-3H3/t16-,17-,19-/m0/s1. The normalized spacial score (nSPS) is 24.7. The van der Waals surface area contributed by atoms with Crippen molar-refractivity contribution in [3.05, 3.63) is 59.7 Å². The molecule has 1 aromatic heterocycles. The monoisotopic (exact) mass is 336 g/mol. The molecule has 1 aliphatic carbocycles. The van der Waals surface area contributed by atoms with Crippen LogP contribution in [0.1, 0.15) is 47.4 Å². The van der Waals surface area contributed by atoms with Crippen LogP contribution in [-0.2, 0) is 0 Å². The lowest BCUT2D eigenvalue weighted by atomic mass is 9.93. The van der Waals surface area contributed by atoms with Crippen molar-refractivity contribution in [2.75, 3.05) is 20.1 Å². The summed E-state index contributed by atoms with van der Waals surface area (Å²) in [6.45, 7) is 6.00. The summed E-state index contributed by atoms with van der Waals surface area (Å²) in [6, 6.07) is 9.55. The van der Waals surface area contributed by atoms with Crippen molar-refractivity contribution in [1.29, 1.82) is 0 Å². The fourth-order valence-corrected chi connectivity index (χ4v) is 4.41. The molecule has 1 fully saturated rings. The van der Waals surface area contributed by atoms with Crippen molar-refractivity contribution in [2.45, 2.75) is 31.8 Å². The third kappa shape index (κ3) is 2.63. The van der Waals surface area contributed by atoms with E-state index in [0.717, 1.165) is 13.1 Å². The molecule has 0 bridgehead atoms. The Hall–Kier alpha value is -2.27. The van der Waals surface area contributed by atoms with E-state index in [2.05, 4.69) is 60.0 Å². The van der Waals surface area contributed by atoms with Crippen LogP contribution in [0.4, 0.5) is 0 Å². The number of amides is 1. The number of benzene rings is 1. The number of carbonyl (C=O) groups excluding carboxylic acids is 1. The van der Waals surface area contributed by atoms with Crippen LogP contribution in [0, 0.1) is 5.92 Å². The number of hydrogen-bond donors (Lipinski definition) is 0. The minimum Gasteiger partial charge on any atom is -0.336 e. The Morgan fingerprint density at radius 2 is 1.96 bits per heavy atom. The third-order valence-electron chi connectivity index (χ3n) is 5.81. The second-order valence-corrected chi connectivity index (χ2v) is 7.40. The summed E-state index contributed by atoms with van der Waals surface area (Å²) in [5, 5.41) is 0. The van der Waals surface area contributed by atoms with Crippen molar-refractivity contribution in [1.82, 2.24) is 19.8 Å². The number of aromatic nitrogens is 2. The van der Waals surface area contributed by atoms with Gasteiger partial charge in [0, 0.05) is 49.4 Å². The number of hydrogen-bond acceptors (Lipinski definition) is 4. The summed E-state index contributed by atoms with van der Waals surface area (Å²) < 4.78 is 0. The van der Waals surface area contributed by atoms with Gasteiger partial charge >= 0.3 is 0 Å². The number of fused-ring (bicyclic) bond motifs is 3. The number of likely N-dealkylation sites (tertiary alicyclic amines) is 1. The van der Waals surface area contributed by atoms with E-state index in [0.29, 0.717) is 29.6 Å². The van der Waals surface area contributed by atoms with Gasteiger partial charge in [-0.3, -0.25) is 14.7 Å². The molecule has 2 aromatic rings. The smallest absolute Gasteiger partial charge is 0.274 e. The number of carbonyl (C=O) groups is 1. The Bertz CT molecular complexity index is 776. The van der Waals surface area contributed by atoms with Gasteiger partial charge in [0.25, 0.3) is 5.91 Å². The van der Waals surface area contributed by atoms with E-state index >= 15 is 0 Å². The molecule has 3 atom stereocenters.